The van der Waals surface area contributed by atoms with Gasteiger partial charge in [-0.25, -0.2) is 0 Å². The van der Waals surface area contributed by atoms with E-state index in [0.717, 1.165) is 0 Å². The Morgan fingerprint density at radius 1 is 1.40 bits per heavy atom. The fraction of sp³-hybridized carbons (Fsp3) is 0. The van der Waals surface area contributed by atoms with Crippen molar-refractivity contribution in [2.24, 2.45) is 0 Å². The molecule has 0 aromatic heterocycles. The molecule has 0 N–H and O–H groups in total. The first kappa shape index (κ1) is 9.29. The first-order valence-corrected chi connectivity index (χ1v) is 1.64. The SMILES string of the molecule is O=P(=O)[O-].[Na+]. The summed E-state index contributed by atoms with van der Waals surface area (Å²) in [5, 5.41) is 0. The van der Waals surface area contributed by atoms with Crippen LogP contribution in [0.5, 0.6) is 0 Å². The Balaban J connectivity index is 0. The van der Waals surface area contributed by atoms with Gasteiger partial charge in [0.25, 0.3) is 0 Å². The summed E-state index contributed by atoms with van der Waals surface area (Å²) in [5.41, 5.74) is 0. The maximum Gasteiger partial charge on any atom is 1.00 e. The summed E-state index contributed by atoms with van der Waals surface area (Å²) in [6.07, 6.45) is 0. The molecular weight excluding hydrogens is 102 g/mol. The molecule has 0 aliphatic heterocycles. The predicted octanol–water partition coefficient (Wildman–Crippen LogP) is -3.56. The molecular formula is NaO3P. The third-order valence-corrected chi connectivity index (χ3v) is 0. The van der Waals surface area contributed by atoms with Gasteiger partial charge in [0.15, 0.2) is 0 Å². The van der Waals surface area contributed by atoms with Crippen molar-refractivity contribution < 1.29 is 43.6 Å². The van der Waals surface area contributed by atoms with Gasteiger partial charge in [-0.2, -0.15) is 0 Å². The molecule has 0 saturated heterocycles. The summed E-state index contributed by atoms with van der Waals surface area (Å²) < 4.78 is 17.0. The largest absolute Gasteiger partial charge is 1.00 e. The molecule has 0 aliphatic rings. The van der Waals surface area contributed by atoms with E-state index in [-0.39, 0.29) is 29.6 Å². The Hall–Kier alpha value is 0.860. The summed E-state index contributed by atoms with van der Waals surface area (Å²) in [6, 6.07) is 0. The van der Waals surface area contributed by atoms with Crippen LogP contribution in [0.25, 0.3) is 0 Å². The van der Waals surface area contributed by atoms with Crippen molar-refractivity contribution in [1.82, 2.24) is 0 Å². The van der Waals surface area contributed by atoms with E-state index in [0.29, 0.717) is 0 Å². The molecule has 5 heteroatoms. The van der Waals surface area contributed by atoms with Crippen LogP contribution in [0.15, 0.2) is 0 Å². The van der Waals surface area contributed by atoms with Crippen LogP contribution in [0.1, 0.15) is 0 Å². The van der Waals surface area contributed by atoms with E-state index in [1.54, 1.807) is 0 Å². The van der Waals surface area contributed by atoms with Gasteiger partial charge in [-0.3, -0.25) is 9.13 Å². The molecule has 0 spiro atoms. The summed E-state index contributed by atoms with van der Waals surface area (Å²) in [4.78, 5) is 8.48. The van der Waals surface area contributed by atoms with Crippen molar-refractivity contribution in [3.63, 3.8) is 0 Å². The maximum absolute atomic E-state index is 8.48. The minimum Gasteiger partial charge on any atom is -0.744 e. The van der Waals surface area contributed by atoms with Gasteiger partial charge in [-0.05, 0) is 0 Å². The summed E-state index contributed by atoms with van der Waals surface area (Å²) in [6.45, 7) is 0. The fourth-order valence-corrected chi connectivity index (χ4v) is 0. The first-order chi connectivity index (χ1) is 1.73. The zero-order valence-electron chi connectivity index (χ0n) is 2.67. The van der Waals surface area contributed by atoms with Gasteiger partial charge in [-0.15, -0.1) is 0 Å². The minimum absolute atomic E-state index is 0. The van der Waals surface area contributed by atoms with E-state index < -0.39 is 7.91 Å². The minimum atomic E-state index is -3.37. The number of hydrogen-bond donors (Lipinski definition) is 0. The Kier molecular flexibility index (Phi) is 9.03. The van der Waals surface area contributed by atoms with E-state index in [1.807, 2.05) is 0 Å². The number of rotatable bonds is 0. The van der Waals surface area contributed by atoms with E-state index in [2.05, 4.69) is 0 Å². The molecule has 0 heterocycles. The third kappa shape index (κ3) is 53.7. The van der Waals surface area contributed by atoms with Crippen LogP contribution in [-0.4, -0.2) is 0 Å². The number of hydrogen-bond acceptors (Lipinski definition) is 3. The molecule has 24 valence electrons. The third-order valence-electron chi connectivity index (χ3n) is 0. The molecule has 3 nitrogen and oxygen atoms in total. The molecule has 0 amide bonds. The second kappa shape index (κ2) is 4.86. The summed E-state index contributed by atoms with van der Waals surface area (Å²) >= 11 is 0. The topological polar surface area (TPSA) is 57.2 Å². The molecule has 0 rings (SSSR count). The second-order valence-electron chi connectivity index (χ2n) is 0.224. The van der Waals surface area contributed by atoms with Gasteiger partial charge >= 0.3 is 29.6 Å². The van der Waals surface area contributed by atoms with Crippen LogP contribution in [0.4, 0.5) is 0 Å². The van der Waals surface area contributed by atoms with Gasteiger partial charge < -0.3 is 4.89 Å². The Labute approximate surface area is 51.6 Å². The average Bonchev–Trinajstić information content (AvgIpc) is 0.811. The smallest absolute Gasteiger partial charge is 0.744 e. The zero-order valence-corrected chi connectivity index (χ0v) is 5.57. The van der Waals surface area contributed by atoms with Crippen LogP contribution in [-0.2, 0) is 9.13 Å². The zero-order chi connectivity index (χ0) is 3.58. The van der Waals surface area contributed by atoms with Gasteiger partial charge in [0, 0.05) is 0 Å². The Morgan fingerprint density at radius 2 is 1.40 bits per heavy atom. The normalized spacial score (nSPS) is 5.00. The van der Waals surface area contributed by atoms with Crippen molar-refractivity contribution in [2.45, 2.75) is 0 Å². The van der Waals surface area contributed by atoms with Gasteiger partial charge in [0.2, 0.25) is 7.91 Å². The quantitative estimate of drug-likeness (QED) is 0.235. The summed E-state index contributed by atoms with van der Waals surface area (Å²) in [7, 11) is -3.37. The first-order valence-electron chi connectivity index (χ1n) is 0.548. The van der Waals surface area contributed by atoms with E-state index >= 15 is 0 Å². The molecule has 0 radical (unpaired) electrons. The van der Waals surface area contributed by atoms with Crippen molar-refractivity contribution in [3.8, 4) is 0 Å². The van der Waals surface area contributed by atoms with Crippen LogP contribution in [0, 0.1) is 0 Å². The Bertz CT molecular complexity index is 55.3. The van der Waals surface area contributed by atoms with Gasteiger partial charge in [-0.1, -0.05) is 0 Å². The average molecular weight is 102 g/mol. The molecule has 0 fully saturated rings. The molecule has 5 heavy (non-hydrogen) atoms. The molecule has 0 aliphatic carbocycles. The Morgan fingerprint density at radius 3 is 1.40 bits per heavy atom. The molecule has 0 atom stereocenters. The second-order valence-corrected chi connectivity index (χ2v) is 0.671. The molecule has 0 aromatic rings. The van der Waals surface area contributed by atoms with Crippen molar-refractivity contribution >= 4 is 7.91 Å². The van der Waals surface area contributed by atoms with Crippen LogP contribution >= 0.6 is 7.91 Å². The van der Waals surface area contributed by atoms with E-state index in [4.69, 9.17) is 14.0 Å². The molecule has 0 bridgehead atoms. The van der Waals surface area contributed by atoms with Crippen molar-refractivity contribution in [2.75, 3.05) is 0 Å². The maximum atomic E-state index is 8.48. The summed E-state index contributed by atoms with van der Waals surface area (Å²) in [5.74, 6) is 0. The monoisotopic (exact) mass is 102 g/mol. The van der Waals surface area contributed by atoms with E-state index in [9.17, 15) is 0 Å². The van der Waals surface area contributed by atoms with Crippen molar-refractivity contribution in [1.29, 1.82) is 0 Å². The van der Waals surface area contributed by atoms with Gasteiger partial charge in [0.1, 0.15) is 0 Å². The standard InChI is InChI=1S/Na.HO3P/c;1-4(2)3/h;(H,1,2,3)/q+1;/p-1. The molecule has 0 unspecified atom stereocenters. The van der Waals surface area contributed by atoms with Crippen LogP contribution < -0.4 is 34.5 Å². The fourth-order valence-electron chi connectivity index (χ4n) is 0. The van der Waals surface area contributed by atoms with Crippen LogP contribution in [0.2, 0.25) is 0 Å². The molecule has 0 aromatic carbocycles. The molecule has 0 saturated carbocycles. The van der Waals surface area contributed by atoms with Gasteiger partial charge in [0.05, 0.1) is 0 Å². The van der Waals surface area contributed by atoms with E-state index in [1.165, 1.54) is 0 Å². The van der Waals surface area contributed by atoms with Crippen LogP contribution in [0.3, 0.4) is 0 Å². The predicted molar refractivity (Wildman–Crippen MR) is 8.29 cm³/mol. The van der Waals surface area contributed by atoms with Crippen molar-refractivity contribution in [3.05, 3.63) is 0 Å².